The Balaban J connectivity index is 1.66. The number of nitrogens with one attached hydrogen (secondary N) is 2. The molecule has 4 rings (SSSR count). The highest BCUT2D eigenvalue weighted by molar-refractivity contribution is 6.04. The van der Waals surface area contributed by atoms with Crippen LogP contribution in [0.2, 0.25) is 0 Å². The molecule has 102 valence electrons. The monoisotopic (exact) mass is 272 g/mol. The lowest BCUT2D eigenvalue weighted by Crippen LogP contribution is -2.29. The summed E-state index contributed by atoms with van der Waals surface area (Å²) >= 11 is 0. The maximum atomic E-state index is 3.53. The van der Waals surface area contributed by atoms with Gasteiger partial charge in [-0.3, -0.25) is 0 Å². The molecule has 3 aromatic rings. The van der Waals surface area contributed by atoms with Crippen LogP contribution in [-0.4, -0.2) is 6.17 Å². The maximum absolute atomic E-state index is 3.53. The Hall–Kier alpha value is -2.74. The fourth-order valence-corrected chi connectivity index (χ4v) is 2.82. The predicted octanol–water partition coefficient (Wildman–Crippen LogP) is 4.72. The highest BCUT2D eigenvalue weighted by atomic mass is 15.1. The second-order valence-corrected chi connectivity index (χ2v) is 5.25. The van der Waals surface area contributed by atoms with Gasteiger partial charge in [-0.25, -0.2) is 0 Å². The van der Waals surface area contributed by atoms with Crippen molar-refractivity contribution in [3.05, 3.63) is 78.4 Å². The molecular weight excluding hydrogens is 256 g/mol. The fourth-order valence-electron chi connectivity index (χ4n) is 2.82. The fraction of sp³-hybridized carbons (Fsp3) is 0.0526. The molecule has 0 saturated heterocycles. The maximum Gasteiger partial charge on any atom is 0.116 e. The smallest absolute Gasteiger partial charge is 0.116 e. The Kier molecular flexibility index (Phi) is 2.86. The Bertz CT molecular complexity index is 765. The molecule has 21 heavy (non-hydrogen) atoms. The van der Waals surface area contributed by atoms with Crippen LogP contribution in [0, 0.1) is 0 Å². The number of rotatable bonds is 2. The van der Waals surface area contributed by atoms with E-state index in [0.29, 0.717) is 0 Å². The predicted molar refractivity (Wildman–Crippen MR) is 90.5 cm³/mol. The molecule has 0 aromatic heterocycles. The van der Waals surface area contributed by atoms with E-state index in [1.165, 1.54) is 27.7 Å². The van der Waals surface area contributed by atoms with Gasteiger partial charge in [-0.05, 0) is 29.2 Å². The van der Waals surface area contributed by atoms with Crippen molar-refractivity contribution < 1.29 is 0 Å². The summed E-state index contributed by atoms with van der Waals surface area (Å²) in [5.74, 6) is 0. The van der Waals surface area contributed by atoms with E-state index in [1.807, 2.05) is 6.07 Å². The zero-order valence-electron chi connectivity index (χ0n) is 11.6. The molecule has 0 fully saturated rings. The minimum atomic E-state index is 0.103. The summed E-state index contributed by atoms with van der Waals surface area (Å²) in [5, 5.41) is 9.59. The van der Waals surface area contributed by atoms with E-state index in [1.54, 1.807) is 0 Å². The van der Waals surface area contributed by atoms with Crippen LogP contribution in [0.3, 0.4) is 0 Å². The Morgan fingerprint density at radius 1 is 0.714 bits per heavy atom. The van der Waals surface area contributed by atoms with Gasteiger partial charge in [0.15, 0.2) is 0 Å². The first-order valence-corrected chi connectivity index (χ1v) is 7.18. The van der Waals surface area contributed by atoms with Gasteiger partial charge in [0, 0.05) is 16.8 Å². The van der Waals surface area contributed by atoms with Crippen LogP contribution in [0.15, 0.2) is 72.8 Å². The van der Waals surface area contributed by atoms with E-state index in [9.17, 15) is 0 Å². The van der Waals surface area contributed by atoms with Gasteiger partial charge in [0.1, 0.15) is 6.17 Å². The average Bonchev–Trinajstić information content (AvgIpc) is 2.54. The molecule has 0 spiro atoms. The Labute approximate surface area is 124 Å². The zero-order chi connectivity index (χ0) is 14.1. The van der Waals surface area contributed by atoms with E-state index in [0.717, 1.165) is 0 Å². The molecule has 0 aliphatic carbocycles. The number of benzene rings is 3. The molecule has 0 atom stereocenters. The van der Waals surface area contributed by atoms with Crippen molar-refractivity contribution in [2.75, 3.05) is 10.6 Å². The van der Waals surface area contributed by atoms with Crippen LogP contribution in [0.5, 0.6) is 0 Å². The molecule has 2 nitrogen and oxygen atoms in total. The van der Waals surface area contributed by atoms with Crippen molar-refractivity contribution in [1.82, 2.24) is 0 Å². The summed E-state index contributed by atoms with van der Waals surface area (Å²) in [7, 11) is 0. The van der Waals surface area contributed by atoms with Crippen molar-refractivity contribution >= 4 is 28.2 Å². The third kappa shape index (κ3) is 2.25. The van der Waals surface area contributed by atoms with Gasteiger partial charge >= 0.3 is 0 Å². The second kappa shape index (κ2) is 4.98. The summed E-state index contributed by atoms with van der Waals surface area (Å²) in [6, 6.07) is 23.1. The first kappa shape index (κ1) is 12.0. The summed E-state index contributed by atoms with van der Waals surface area (Å²) in [5.41, 5.74) is 3.58. The topological polar surface area (TPSA) is 24.1 Å². The Morgan fingerprint density at radius 2 is 1.38 bits per heavy atom. The van der Waals surface area contributed by atoms with Crippen LogP contribution >= 0.6 is 0 Å². The SMILES string of the molecule is C(=CC1Nc2cccc3cccc(c23)N1)c1ccccc1. The molecule has 0 amide bonds. The van der Waals surface area contributed by atoms with Gasteiger partial charge in [0.2, 0.25) is 0 Å². The standard InChI is InChI=1S/C19H16N2/c1-2-6-14(7-3-1)12-13-18-20-16-10-4-8-15-9-5-11-17(21-18)19(15)16/h1-13,18,20-21H. The molecule has 2 heteroatoms. The van der Waals surface area contributed by atoms with E-state index in [-0.39, 0.29) is 6.17 Å². The molecular formula is C19H16N2. The Morgan fingerprint density at radius 3 is 2.05 bits per heavy atom. The number of hydrogen-bond acceptors (Lipinski definition) is 2. The van der Waals surface area contributed by atoms with Crippen LogP contribution in [0.1, 0.15) is 5.56 Å². The van der Waals surface area contributed by atoms with Gasteiger partial charge < -0.3 is 10.6 Å². The molecule has 0 radical (unpaired) electrons. The second-order valence-electron chi connectivity index (χ2n) is 5.25. The average molecular weight is 272 g/mol. The number of hydrogen-bond donors (Lipinski definition) is 2. The largest absolute Gasteiger partial charge is 0.362 e. The van der Waals surface area contributed by atoms with E-state index in [4.69, 9.17) is 0 Å². The van der Waals surface area contributed by atoms with E-state index >= 15 is 0 Å². The molecule has 0 unspecified atom stereocenters. The lowest BCUT2D eigenvalue weighted by molar-refractivity contribution is 1.01. The van der Waals surface area contributed by atoms with Crippen LogP contribution in [-0.2, 0) is 0 Å². The lowest BCUT2D eigenvalue weighted by Gasteiger charge is -2.27. The summed E-state index contributed by atoms with van der Waals surface area (Å²) < 4.78 is 0. The van der Waals surface area contributed by atoms with E-state index in [2.05, 4.69) is 83.4 Å². The summed E-state index contributed by atoms with van der Waals surface area (Å²) in [4.78, 5) is 0. The minimum absolute atomic E-state index is 0.103. The molecule has 2 N–H and O–H groups in total. The van der Waals surface area contributed by atoms with Crippen molar-refractivity contribution in [2.45, 2.75) is 6.17 Å². The molecule has 1 heterocycles. The van der Waals surface area contributed by atoms with Gasteiger partial charge in [0.25, 0.3) is 0 Å². The zero-order valence-corrected chi connectivity index (χ0v) is 11.6. The molecule has 1 aliphatic heterocycles. The van der Waals surface area contributed by atoms with Gasteiger partial charge in [-0.2, -0.15) is 0 Å². The van der Waals surface area contributed by atoms with Crippen molar-refractivity contribution in [2.24, 2.45) is 0 Å². The number of anilines is 2. The molecule has 1 aliphatic rings. The highest BCUT2D eigenvalue weighted by Gasteiger charge is 2.16. The highest BCUT2D eigenvalue weighted by Crippen LogP contribution is 2.34. The van der Waals surface area contributed by atoms with Crippen molar-refractivity contribution in [3.63, 3.8) is 0 Å². The third-order valence-corrected chi connectivity index (χ3v) is 3.81. The first-order valence-electron chi connectivity index (χ1n) is 7.18. The van der Waals surface area contributed by atoms with Crippen molar-refractivity contribution in [1.29, 1.82) is 0 Å². The molecule has 3 aromatic carbocycles. The molecule has 0 saturated carbocycles. The van der Waals surface area contributed by atoms with Crippen LogP contribution < -0.4 is 10.6 Å². The molecule has 0 bridgehead atoms. The van der Waals surface area contributed by atoms with E-state index < -0.39 is 0 Å². The van der Waals surface area contributed by atoms with Gasteiger partial charge in [-0.1, -0.05) is 60.7 Å². The normalized spacial score (nSPS) is 14.1. The van der Waals surface area contributed by atoms with Crippen LogP contribution in [0.4, 0.5) is 11.4 Å². The van der Waals surface area contributed by atoms with Gasteiger partial charge in [-0.15, -0.1) is 0 Å². The first-order chi connectivity index (χ1) is 10.4. The lowest BCUT2D eigenvalue weighted by atomic mass is 10.0. The van der Waals surface area contributed by atoms with Crippen LogP contribution in [0.25, 0.3) is 16.8 Å². The van der Waals surface area contributed by atoms with Crippen molar-refractivity contribution in [3.8, 4) is 0 Å². The summed E-state index contributed by atoms with van der Waals surface area (Å²) in [6.45, 7) is 0. The third-order valence-electron chi connectivity index (χ3n) is 3.81. The minimum Gasteiger partial charge on any atom is -0.362 e. The summed E-state index contributed by atoms with van der Waals surface area (Å²) in [6.07, 6.45) is 4.40. The van der Waals surface area contributed by atoms with Gasteiger partial charge in [0.05, 0.1) is 0 Å². The quantitative estimate of drug-likeness (QED) is 0.705.